The van der Waals surface area contributed by atoms with E-state index in [4.69, 9.17) is 4.79 Å². The number of nitriles is 1. The topological polar surface area (TPSA) is 73.2 Å². The van der Waals surface area contributed by atoms with Crippen molar-refractivity contribution in [2.75, 3.05) is 20.3 Å². The molecule has 5 rings (SSSR count). The Morgan fingerprint density at radius 1 is 1.16 bits per heavy atom. The fourth-order valence-electron chi connectivity index (χ4n) is 5.70. The van der Waals surface area contributed by atoms with Gasteiger partial charge in [0, 0.05) is 25.0 Å². The summed E-state index contributed by atoms with van der Waals surface area (Å²) in [4.78, 5) is 24.2. The van der Waals surface area contributed by atoms with Gasteiger partial charge in [-0.25, -0.2) is 8.78 Å². The standard InChI is InChI=1S/C26H28FN3O.C2H3FO.C2H6.H2/c1-29-23-21(15-19-9-5-10-20(22(19)27)18-7-3-2-4-8-18)30(17-26(23)13-14-26)24(31)25(16-28)11-6-12-25;3-1-2-4;1-2;/h2-5,7-10,21,23,29H,6,11-15,17H2,1H3;2H,1H2;1-2H3;1H/t21-,23+;;;/m0.../s1. The Morgan fingerprint density at radius 3 is 2.30 bits per heavy atom. The molecular weight excluding hydrogens is 472 g/mol. The predicted molar refractivity (Wildman–Crippen MR) is 143 cm³/mol. The first kappa shape index (κ1) is 28.5. The van der Waals surface area contributed by atoms with E-state index >= 15 is 4.39 Å². The van der Waals surface area contributed by atoms with Crippen molar-refractivity contribution in [1.29, 1.82) is 5.26 Å². The monoisotopic (exact) mass is 511 g/mol. The van der Waals surface area contributed by atoms with Crippen LogP contribution in [0.4, 0.5) is 8.78 Å². The highest BCUT2D eigenvalue weighted by Gasteiger charge is 2.62. The number of nitrogens with zero attached hydrogens (tertiary/aromatic N) is 2. The van der Waals surface area contributed by atoms with Gasteiger partial charge in [-0.05, 0) is 56.7 Å². The Balaban J connectivity index is 0.000000665. The maximum Gasteiger partial charge on any atom is 0.243 e. The van der Waals surface area contributed by atoms with E-state index < -0.39 is 12.1 Å². The van der Waals surface area contributed by atoms with Crippen molar-refractivity contribution >= 4 is 12.2 Å². The number of hydrogen-bond acceptors (Lipinski definition) is 4. The third-order valence-corrected chi connectivity index (χ3v) is 7.88. The molecule has 3 aliphatic rings. The molecule has 1 heterocycles. The molecule has 1 N–H and O–H groups in total. The number of likely N-dealkylation sites (tertiary alicyclic amines) is 1. The van der Waals surface area contributed by atoms with Crippen molar-refractivity contribution in [2.24, 2.45) is 10.8 Å². The van der Waals surface area contributed by atoms with Crippen LogP contribution in [0.25, 0.3) is 11.1 Å². The zero-order chi connectivity index (χ0) is 27.1. The maximum absolute atomic E-state index is 15.6. The molecule has 2 atom stereocenters. The van der Waals surface area contributed by atoms with Crippen LogP contribution in [0.5, 0.6) is 0 Å². The number of likely N-dealkylation sites (N-methyl/N-ethyl adjacent to an activating group) is 1. The lowest BCUT2D eigenvalue weighted by Gasteiger charge is -2.39. The molecule has 7 heteroatoms. The summed E-state index contributed by atoms with van der Waals surface area (Å²) in [5.74, 6) is -0.263. The smallest absolute Gasteiger partial charge is 0.243 e. The van der Waals surface area contributed by atoms with E-state index in [1.165, 1.54) is 0 Å². The van der Waals surface area contributed by atoms with Crippen LogP contribution in [0, 0.1) is 28.0 Å². The fourth-order valence-corrected chi connectivity index (χ4v) is 5.70. The molecule has 5 nitrogen and oxygen atoms in total. The Bertz CT molecular complexity index is 1110. The van der Waals surface area contributed by atoms with Gasteiger partial charge in [-0.15, -0.1) is 0 Å². The number of hydrogen-bond donors (Lipinski definition) is 1. The van der Waals surface area contributed by atoms with Gasteiger partial charge < -0.3 is 15.0 Å². The van der Waals surface area contributed by atoms with Crippen molar-refractivity contribution in [1.82, 2.24) is 10.2 Å². The minimum Gasteiger partial charge on any atom is -0.336 e. The Labute approximate surface area is 220 Å². The van der Waals surface area contributed by atoms with Crippen LogP contribution in [0.3, 0.4) is 0 Å². The van der Waals surface area contributed by atoms with E-state index in [1.807, 2.05) is 74.3 Å². The highest BCUT2D eigenvalue weighted by molar-refractivity contribution is 5.87. The molecule has 2 saturated carbocycles. The summed E-state index contributed by atoms with van der Waals surface area (Å²) >= 11 is 0. The Hall–Kier alpha value is -3.11. The molecule has 0 radical (unpaired) electrons. The SMILES string of the molecule is CC.CN[C@@H]1[C@H](Cc2cccc(-c3ccccc3)c2F)N(C(=O)C2(C#N)CCC2)CC12CC2.O=CCF.[HH]. The van der Waals surface area contributed by atoms with Gasteiger partial charge in [0.2, 0.25) is 5.91 Å². The number of nitrogens with one attached hydrogen (secondary N) is 1. The van der Waals surface area contributed by atoms with E-state index in [2.05, 4.69) is 11.4 Å². The quantitative estimate of drug-likeness (QED) is 0.503. The second-order valence-corrected chi connectivity index (χ2v) is 9.85. The third kappa shape index (κ3) is 5.60. The second-order valence-electron chi connectivity index (χ2n) is 9.85. The van der Waals surface area contributed by atoms with Crippen molar-refractivity contribution in [2.45, 2.75) is 64.5 Å². The number of carbonyl (C=O) groups is 2. The third-order valence-electron chi connectivity index (χ3n) is 7.88. The van der Waals surface area contributed by atoms with Crippen LogP contribution in [0.15, 0.2) is 48.5 Å². The normalized spacial score (nSPS) is 21.9. The highest BCUT2D eigenvalue weighted by Crippen LogP contribution is 2.56. The molecule has 0 unspecified atom stereocenters. The molecule has 200 valence electrons. The Kier molecular flexibility index (Phi) is 9.56. The van der Waals surface area contributed by atoms with Gasteiger partial charge >= 0.3 is 0 Å². The molecule has 37 heavy (non-hydrogen) atoms. The van der Waals surface area contributed by atoms with E-state index in [0.717, 1.165) is 24.8 Å². The van der Waals surface area contributed by atoms with Crippen molar-refractivity contribution < 1.29 is 19.8 Å². The van der Waals surface area contributed by atoms with Crippen LogP contribution in [-0.2, 0) is 16.0 Å². The average Bonchev–Trinajstić information content (AvgIpc) is 3.62. The van der Waals surface area contributed by atoms with Crippen molar-refractivity contribution in [3.8, 4) is 17.2 Å². The van der Waals surface area contributed by atoms with Gasteiger partial charge in [0.25, 0.3) is 0 Å². The van der Waals surface area contributed by atoms with E-state index in [1.54, 1.807) is 0 Å². The molecule has 2 aromatic carbocycles. The number of carbonyl (C=O) groups excluding carboxylic acids is 2. The summed E-state index contributed by atoms with van der Waals surface area (Å²) in [6.45, 7) is 3.81. The lowest BCUT2D eigenvalue weighted by atomic mass is 9.69. The van der Waals surface area contributed by atoms with Crippen LogP contribution < -0.4 is 5.32 Å². The van der Waals surface area contributed by atoms with E-state index in [0.29, 0.717) is 36.9 Å². The molecule has 2 aromatic rings. The van der Waals surface area contributed by atoms with Crippen LogP contribution in [0.2, 0.25) is 0 Å². The molecule has 0 aromatic heterocycles. The van der Waals surface area contributed by atoms with E-state index in [9.17, 15) is 14.4 Å². The molecule has 0 bridgehead atoms. The molecular formula is C30H39F2N3O2. The number of benzene rings is 2. The first-order chi connectivity index (χ1) is 17.9. The van der Waals surface area contributed by atoms with E-state index in [-0.39, 0.29) is 36.9 Å². The summed E-state index contributed by atoms with van der Waals surface area (Å²) in [5, 5.41) is 13.2. The molecule has 1 spiro atoms. The Morgan fingerprint density at radius 2 is 1.81 bits per heavy atom. The largest absolute Gasteiger partial charge is 0.336 e. The van der Waals surface area contributed by atoms with Gasteiger partial charge in [0.1, 0.15) is 17.9 Å². The van der Waals surface area contributed by atoms with Crippen molar-refractivity contribution in [3.63, 3.8) is 0 Å². The molecule has 1 saturated heterocycles. The fraction of sp³-hybridized carbons (Fsp3) is 0.500. The average molecular weight is 512 g/mol. The zero-order valence-electron chi connectivity index (χ0n) is 22.0. The second kappa shape index (κ2) is 12.4. The number of amides is 1. The first-order valence-corrected chi connectivity index (χ1v) is 13.2. The lowest BCUT2D eigenvalue weighted by Crippen LogP contribution is -2.52. The van der Waals surface area contributed by atoms with Crippen LogP contribution >= 0.6 is 0 Å². The summed E-state index contributed by atoms with van der Waals surface area (Å²) < 4.78 is 25.9. The maximum atomic E-state index is 15.6. The molecule has 2 aliphatic carbocycles. The minimum absolute atomic E-state index is 0. The number of rotatable bonds is 6. The zero-order valence-corrected chi connectivity index (χ0v) is 22.0. The predicted octanol–water partition coefficient (Wildman–Crippen LogP) is 5.74. The minimum atomic E-state index is -0.874. The summed E-state index contributed by atoms with van der Waals surface area (Å²) in [7, 11) is 1.94. The summed E-state index contributed by atoms with van der Waals surface area (Å²) in [5.41, 5.74) is 1.26. The summed E-state index contributed by atoms with van der Waals surface area (Å²) in [6.07, 6.45) is 5.01. The highest BCUT2D eigenvalue weighted by atomic mass is 19.1. The number of halogens is 2. The molecule has 1 amide bonds. The van der Waals surface area contributed by atoms with Gasteiger partial charge in [0.15, 0.2) is 6.29 Å². The number of alkyl halides is 1. The van der Waals surface area contributed by atoms with Gasteiger partial charge in [-0.2, -0.15) is 5.26 Å². The number of aldehydes is 1. The summed E-state index contributed by atoms with van der Waals surface area (Å²) in [6, 6.07) is 17.4. The lowest BCUT2D eigenvalue weighted by molar-refractivity contribution is -0.144. The van der Waals surface area contributed by atoms with Crippen LogP contribution in [-0.4, -0.2) is 49.4 Å². The van der Waals surface area contributed by atoms with Crippen molar-refractivity contribution in [3.05, 3.63) is 59.9 Å². The molecule has 1 aliphatic heterocycles. The van der Waals surface area contributed by atoms with Gasteiger partial charge in [-0.3, -0.25) is 4.79 Å². The van der Waals surface area contributed by atoms with Gasteiger partial charge in [0.05, 0.1) is 12.1 Å². The molecule has 3 fully saturated rings. The van der Waals surface area contributed by atoms with Crippen LogP contribution in [0.1, 0.15) is 52.9 Å². The van der Waals surface area contributed by atoms with Gasteiger partial charge in [-0.1, -0.05) is 62.4 Å². The first-order valence-electron chi connectivity index (χ1n) is 13.2.